The lowest BCUT2D eigenvalue weighted by molar-refractivity contribution is -0.160. The van der Waals surface area contributed by atoms with Gasteiger partial charge in [-0.3, -0.25) is 19.7 Å². The molecule has 2 aliphatic carbocycles. The van der Waals surface area contributed by atoms with E-state index in [1.165, 1.54) is 4.90 Å². The maximum absolute atomic E-state index is 13.7. The second kappa shape index (κ2) is 8.85. The molecule has 3 amide bonds. The number of alkyl halides is 3. The number of rotatable bonds is 7. The molecule has 4 rings (SSSR count). The fraction of sp³-hybridized carbons (Fsp3) is 0.846. The number of piperidine rings is 1. The van der Waals surface area contributed by atoms with Crippen LogP contribution in [0.1, 0.15) is 67.2 Å². The van der Waals surface area contributed by atoms with Crippen molar-refractivity contribution in [3.63, 3.8) is 0 Å². The lowest BCUT2D eigenvalue weighted by atomic mass is 9.84. The van der Waals surface area contributed by atoms with Gasteiger partial charge < -0.3 is 15.5 Å². The van der Waals surface area contributed by atoms with E-state index in [0.29, 0.717) is 6.42 Å². The topological polar surface area (TPSA) is 114 Å². The molecule has 2 aliphatic heterocycles. The van der Waals surface area contributed by atoms with Crippen LogP contribution in [0.5, 0.6) is 0 Å². The summed E-state index contributed by atoms with van der Waals surface area (Å²) in [5.74, 6) is -1.62. The lowest BCUT2D eigenvalue weighted by Gasteiger charge is -2.39. The van der Waals surface area contributed by atoms with E-state index in [1.54, 1.807) is 20.8 Å². The third kappa shape index (κ3) is 5.18. The predicted molar refractivity (Wildman–Crippen MR) is 129 cm³/mol. The normalized spacial score (nSPS) is 31.7. The minimum atomic E-state index is -4.53. The van der Waals surface area contributed by atoms with Crippen LogP contribution in [0.3, 0.4) is 0 Å². The zero-order chi connectivity index (χ0) is 27.7. The molecule has 7 atom stereocenters. The number of hydrogen-bond donors (Lipinski definition) is 3. The van der Waals surface area contributed by atoms with Gasteiger partial charge in [0.25, 0.3) is 0 Å². The molecular weight excluding hydrogens is 487 g/mol. The van der Waals surface area contributed by atoms with Gasteiger partial charge in [0.2, 0.25) is 17.7 Å². The highest BCUT2D eigenvalue weighted by Gasteiger charge is 2.70. The largest absolute Gasteiger partial charge is 0.403 e. The Balaban J connectivity index is 1.50. The number of hydrogen-bond acceptors (Lipinski definition) is 5. The number of halogens is 3. The maximum Gasteiger partial charge on any atom is 0.403 e. The molecule has 1 spiro atoms. The molecule has 0 bridgehead atoms. The van der Waals surface area contributed by atoms with Crippen LogP contribution in [-0.2, 0) is 14.4 Å². The molecule has 2 heterocycles. The summed E-state index contributed by atoms with van der Waals surface area (Å²) >= 11 is 0. The molecule has 2 saturated heterocycles. The van der Waals surface area contributed by atoms with Crippen LogP contribution in [0.25, 0.3) is 0 Å². The Morgan fingerprint density at radius 3 is 2.35 bits per heavy atom. The first-order valence-corrected chi connectivity index (χ1v) is 13.1. The Kier molecular flexibility index (Phi) is 6.62. The number of carbonyl (C=O) groups excluding carboxylic acids is 3. The average Bonchev–Trinajstić information content (AvgIpc) is 3.48. The van der Waals surface area contributed by atoms with Crippen LogP contribution in [-0.4, -0.2) is 65.0 Å². The fourth-order valence-corrected chi connectivity index (χ4v) is 6.35. The van der Waals surface area contributed by atoms with Gasteiger partial charge in [-0.15, -0.1) is 0 Å². The summed E-state index contributed by atoms with van der Waals surface area (Å²) < 4.78 is 40.0. The molecule has 37 heavy (non-hydrogen) atoms. The van der Waals surface area contributed by atoms with Gasteiger partial charge in [0, 0.05) is 18.0 Å². The van der Waals surface area contributed by atoms with E-state index in [-0.39, 0.29) is 47.6 Å². The van der Waals surface area contributed by atoms with Crippen LogP contribution < -0.4 is 16.0 Å². The van der Waals surface area contributed by atoms with Gasteiger partial charge in [-0.25, -0.2) is 0 Å². The van der Waals surface area contributed by atoms with Crippen molar-refractivity contribution in [1.82, 2.24) is 20.9 Å². The fourth-order valence-electron chi connectivity index (χ4n) is 6.35. The first-order valence-electron chi connectivity index (χ1n) is 13.1. The molecule has 11 heteroatoms. The number of nitrogens with zero attached hydrogens (tertiary/aromatic N) is 2. The molecule has 0 aromatic rings. The number of nitriles is 1. The van der Waals surface area contributed by atoms with Gasteiger partial charge in [-0.05, 0) is 55.3 Å². The van der Waals surface area contributed by atoms with E-state index < -0.39 is 47.6 Å². The van der Waals surface area contributed by atoms with Crippen molar-refractivity contribution in [3.05, 3.63) is 0 Å². The molecule has 4 fully saturated rings. The Labute approximate surface area is 216 Å². The standard InChI is InChI=1S/C26H38F3N5O3/c1-13(26(27,28)29)31-19(23(2,3)4)22(37)34-12-16-17(24(16,5)6)18(34)21(36)32-15(11-30)9-14-10-25(7-8-25)33-20(14)35/h13-19,31H,7-10,12H2,1-6H3,(H,32,36)(H,33,35)/t13?,14-,15+,16+,17+,18+,19?/m1/s1. The van der Waals surface area contributed by atoms with E-state index in [1.807, 2.05) is 13.8 Å². The van der Waals surface area contributed by atoms with Crippen molar-refractivity contribution in [2.75, 3.05) is 6.54 Å². The predicted octanol–water partition coefficient (Wildman–Crippen LogP) is 2.49. The number of nitrogens with one attached hydrogen (secondary N) is 3. The number of carbonyl (C=O) groups is 3. The highest BCUT2D eigenvalue weighted by Crippen LogP contribution is 2.65. The van der Waals surface area contributed by atoms with Crippen molar-refractivity contribution in [2.45, 2.75) is 103 Å². The Morgan fingerprint density at radius 2 is 1.86 bits per heavy atom. The van der Waals surface area contributed by atoms with Gasteiger partial charge >= 0.3 is 6.18 Å². The van der Waals surface area contributed by atoms with Crippen molar-refractivity contribution in [1.29, 1.82) is 5.26 Å². The second-order valence-corrected chi connectivity index (χ2v) is 13.2. The quantitative estimate of drug-likeness (QED) is 0.473. The Hall–Kier alpha value is -2.35. The van der Waals surface area contributed by atoms with E-state index >= 15 is 0 Å². The number of fused-ring (bicyclic) bond motifs is 1. The van der Waals surface area contributed by atoms with E-state index in [9.17, 15) is 32.8 Å². The highest BCUT2D eigenvalue weighted by molar-refractivity contribution is 5.92. The zero-order valence-corrected chi connectivity index (χ0v) is 22.3. The monoisotopic (exact) mass is 525 g/mol. The van der Waals surface area contributed by atoms with E-state index in [0.717, 1.165) is 19.8 Å². The van der Waals surface area contributed by atoms with Crippen LogP contribution in [0.2, 0.25) is 0 Å². The second-order valence-electron chi connectivity index (χ2n) is 13.2. The Morgan fingerprint density at radius 1 is 1.24 bits per heavy atom. The smallest absolute Gasteiger partial charge is 0.350 e. The molecule has 3 N–H and O–H groups in total. The van der Waals surface area contributed by atoms with Gasteiger partial charge in [0.15, 0.2) is 0 Å². The van der Waals surface area contributed by atoms with Gasteiger partial charge in [-0.2, -0.15) is 18.4 Å². The van der Waals surface area contributed by atoms with E-state index in [2.05, 4.69) is 22.0 Å². The SMILES string of the molecule is CC(NC(C(=O)N1C[C@H]2[C@@H]([C@H]1C(=O)N[C@H](C#N)C[C@@H]1CC3(CC3)NC1=O)C2(C)C)C(C)(C)C)C(F)(F)F. The van der Waals surface area contributed by atoms with Crippen LogP contribution in [0.4, 0.5) is 13.2 Å². The Bertz CT molecular complexity index is 1010. The molecule has 0 aromatic carbocycles. The highest BCUT2D eigenvalue weighted by atomic mass is 19.4. The van der Waals surface area contributed by atoms with Gasteiger partial charge in [-0.1, -0.05) is 34.6 Å². The summed E-state index contributed by atoms with van der Waals surface area (Å²) in [4.78, 5) is 41.0. The van der Waals surface area contributed by atoms with Gasteiger partial charge in [0.05, 0.1) is 12.1 Å². The summed E-state index contributed by atoms with van der Waals surface area (Å²) in [6, 6.07) is -2.78. The van der Waals surface area contributed by atoms with Crippen LogP contribution in [0, 0.1) is 39.9 Å². The van der Waals surface area contributed by atoms with E-state index in [4.69, 9.17) is 0 Å². The van der Waals surface area contributed by atoms with Gasteiger partial charge in [0.1, 0.15) is 18.1 Å². The maximum atomic E-state index is 13.7. The van der Waals surface area contributed by atoms with Crippen molar-refractivity contribution in [2.24, 2.45) is 28.6 Å². The zero-order valence-electron chi connectivity index (χ0n) is 22.3. The lowest BCUT2D eigenvalue weighted by Crippen LogP contribution is -2.61. The molecule has 4 aliphatic rings. The molecule has 206 valence electrons. The van der Waals surface area contributed by atoms with Crippen molar-refractivity contribution < 1.29 is 27.6 Å². The minimum Gasteiger partial charge on any atom is -0.350 e. The minimum absolute atomic E-state index is 0.0451. The molecular formula is C26H38F3N5O3. The molecule has 0 radical (unpaired) electrons. The third-order valence-corrected chi connectivity index (χ3v) is 9.02. The summed E-state index contributed by atoms with van der Waals surface area (Å²) in [5.41, 5.74) is -1.19. The molecule has 2 saturated carbocycles. The summed E-state index contributed by atoms with van der Waals surface area (Å²) in [5, 5.41) is 17.9. The van der Waals surface area contributed by atoms with Crippen LogP contribution >= 0.6 is 0 Å². The molecule has 2 unspecified atom stereocenters. The number of likely N-dealkylation sites (tertiary alicyclic amines) is 1. The summed E-state index contributed by atoms with van der Waals surface area (Å²) in [6.45, 7) is 10.3. The first-order chi connectivity index (χ1) is 16.9. The first kappa shape index (κ1) is 27.7. The van der Waals surface area contributed by atoms with Crippen molar-refractivity contribution in [3.8, 4) is 6.07 Å². The summed E-state index contributed by atoms with van der Waals surface area (Å²) in [7, 11) is 0. The third-order valence-electron chi connectivity index (χ3n) is 9.02. The number of amides is 3. The molecule has 0 aromatic heterocycles. The van der Waals surface area contributed by atoms with Crippen LogP contribution in [0.15, 0.2) is 0 Å². The molecule has 8 nitrogen and oxygen atoms in total. The summed E-state index contributed by atoms with van der Waals surface area (Å²) in [6.07, 6.45) is -1.86. The van der Waals surface area contributed by atoms with Crippen molar-refractivity contribution >= 4 is 17.7 Å². The average molecular weight is 526 g/mol.